The highest BCUT2D eigenvalue weighted by Gasteiger charge is 2.20. The lowest BCUT2D eigenvalue weighted by atomic mass is 9.88. The van der Waals surface area contributed by atoms with Gasteiger partial charge in [-0.25, -0.2) is 0 Å². The maximum Gasteiger partial charge on any atom is 0.265 e. The fraction of sp³-hybridized carbons (Fsp3) is 0.714. The zero-order chi connectivity index (χ0) is 20.5. The fourth-order valence-electron chi connectivity index (χ4n) is 3.62. The van der Waals surface area contributed by atoms with E-state index in [4.69, 9.17) is 4.55 Å². The summed E-state index contributed by atoms with van der Waals surface area (Å²) < 4.78 is 31.2. The molecule has 156 valence electrons. The summed E-state index contributed by atoms with van der Waals surface area (Å²) in [7, 11) is 0.136. The summed E-state index contributed by atoms with van der Waals surface area (Å²) in [4.78, 5) is 0. The van der Waals surface area contributed by atoms with E-state index in [1.54, 1.807) is 0 Å². The first-order chi connectivity index (χ1) is 12.6. The monoisotopic (exact) mass is 400 g/mol. The Balaban J connectivity index is 2.66. The average molecular weight is 401 g/mol. The van der Waals surface area contributed by atoms with Crippen molar-refractivity contribution in [3.05, 3.63) is 35.4 Å². The number of benzene rings is 1. The maximum absolute atomic E-state index is 10.9. The molecule has 0 aliphatic carbocycles. The third-order valence-corrected chi connectivity index (χ3v) is 6.02. The molecule has 1 unspecified atom stereocenters. The molecule has 0 bridgehead atoms. The summed E-state index contributed by atoms with van der Waals surface area (Å²) in [5.74, 6) is 0.343. The predicted molar refractivity (Wildman–Crippen MR) is 111 cm³/mol. The lowest BCUT2D eigenvalue weighted by Gasteiger charge is -2.30. The van der Waals surface area contributed by atoms with Crippen molar-refractivity contribution >= 4 is 10.1 Å². The molecule has 27 heavy (non-hydrogen) atoms. The van der Waals surface area contributed by atoms with Gasteiger partial charge in [0.2, 0.25) is 0 Å². The Hall–Kier alpha value is -0.950. The van der Waals surface area contributed by atoms with Crippen LogP contribution in [0.2, 0.25) is 0 Å². The first-order valence-electron chi connectivity index (χ1n) is 10.1. The first-order valence-corrected chi connectivity index (χ1v) is 11.7. The van der Waals surface area contributed by atoms with Gasteiger partial charge in [-0.3, -0.25) is 4.55 Å². The van der Waals surface area contributed by atoms with Crippen LogP contribution in [0.5, 0.6) is 0 Å². The summed E-state index contributed by atoms with van der Waals surface area (Å²) in [6, 6.07) is 8.35. The van der Waals surface area contributed by atoms with Crippen LogP contribution in [0.3, 0.4) is 0 Å². The van der Waals surface area contributed by atoms with Crippen LogP contribution in [0, 0.1) is 0 Å². The van der Waals surface area contributed by atoms with Gasteiger partial charge < -0.3 is 9.59 Å². The number of nitrogens with zero attached hydrogens (tertiary/aromatic N) is 1. The van der Waals surface area contributed by atoms with E-state index in [0.717, 1.165) is 24.9 Å². The van der Waals surface area contributed by atoms with Gasteiger partial charge in [0.15, 0.2) is 0 Å². The van der Waals surface area contributed by atoms with Crippen LogP contribution in [-0.4, -0.2) is 55.5 Å². The standard InChI is InChI=1S/C21H37NO4S/c1-5-9-18(10-6-2)19-11-7-12-20(17-19)21(23)13-15-22(3,4)14-8-16-27(24,25)26/h7,11-12,17-18,21,23H,5-6,8-10,13-16H2,1-4H3/p+1. The van der Waals surface area contributed by atoms with Crippen molar-refractivity contribution in [2.45, 2.75) is 64.4 Å². The largest absolute Gasteiger partial charge is 0.388 e. The highest BCUT2D eigenvalue weighted by molar-refractivity contribution is 7.85. The lowest BCUT2D eigenvalue weighted by Crippen LogP contribution is -2.42. The van der Waals surface area contributed by atoms with Crippen molar-refractivity contribution in [2.24, 2.45) is 0 Å². The van der Waals surface area contributed by atoms with Gasteiger partial charge in [0.25, 0.3) is 10.1 Å². The van der Waals surface area contributed by atoms with E-state index in [-0.39, 0.29) is 5.75 Å². The first kappa shape index (κ1) is 24.1. The Morgan fingerprint density at radius 1 is 1.00 bits per heavy atom. The van der Waals surface area contributed by atoms with E-state index in [1.807, 2.05) is 26.2 Å². The predicted octanol–water partition coefficient (Wildman–Crippen LogP) is 4.15. The molecule has 0 saturated carbocycles. The Labute approximate surface area is 165 Å². The number of aliphatic hydroxyl groups excluding tert-OH is 1. The second-order valence-electron chi connectivity index (χ2n) is 8.27. The fourth-order valence-corrected chi connectivity index (χ4v) is 4.11. The molecule has 0 saturated heterocycles. The van der Waals surface area contributed by atoms with Crippen molar-refractivity contribution in [3.63, 3.8) is 0 Å². The molecule has 0 fully saturated rings. The van der Waals surface area contributed by atoms with Crippen LogP contribution in [0.1, 0.15) is 75.5 Å². The zero-order valence-corrected chi connectivity index (χ0v) is 18.2. The highest BCUT2D eigenvalue weighted by Crippen LogP contribution is 2.29. The van der Waals surface area contributed by atoms with E-state index in [9.17, 15) is 13.5 Å². The summed E-state index contributed by atoms with van der Waals surface area (Å²) in [5, 5.41) is 10.7. The van der Waals surface area contributed by atoms with E-state index < -0.39 is 16.2 Å². The molecule has 0 amide bonds. The smallest absolute Gasteiger partial charge is 0.265 e. The molecule has 0 aliphatic heterocycles. The van der Waals surface area contributed by atoms with Crippen LogP contribution >= 0.6 is 0 Å². The SMILES string of the molecule is CCCC(CCC)c1cccc(C(O)CC[N+](C)(C)CCCS(=O)(=O)O)c1. The molecule has 0 radical (unpaired) electrons. The minimum Gasteiger partial charge on any atom is -0.388 e. The summed E-state index contributed by atoms with van der Waals surface area (Å²) in [6.07, 6.45) is 5.17. The minimum atomic E-state index is -3.90. The van der Waals surface area contributed by atoms with E-state index in [0.29, 0.717) is 29.8 Å². The molecule has 0 heterocycles. The quantitative estimate of drug-likeness (QED) is 0.385. The molecule has 1 aromatic carbocycles. The van der Waals surface area contributed by atoms with Gasteiger partial charge in [-0.05, 0) is 29.9 Å². The van der Waals surface area contributed by atoms with Crippen molar-refractivity contribution in [3.8, 4) is 0 Å². The third kappa shape index (κ3) is 9.70. The van der Waals surface area contributed by atoms with Crippen LogP contribution in [-0.2, 0) is 10.1 Å². The van der Waals surface area contributed by atoms with Crippen LogP contribution in [0.15, 0.2) is 24.3 Å². The Bertz CT molecular complexity index is 652. The normalized spacial score (nSPS) is 13.9. The average Bonchev–Trinajstić information content (AvgIpc) is 2.58. The van der Waals surface area contributed by atoms with Gasteiger partial charge in [-0.1, -0.05) is 51.0 Å². The molecule has 5 nitrogen and oxygen atoms in total. The number of hydrogen-bond acceptors (Lipinski definition) is 3. The number of hydrogen-bond donors (Lipinski definition) is 2. The Morgan fingerprint density at radius 2 is 1.59 bits per heavy atom. The molecule has 6 heteroatoms. The molecule has 0 aromatic heterocycles. The van der Waals surface area contributed by atoms with E-state index in [1.165, 1.54) is 18.4 Å². The second-order valence-corrected chi connectivity index (χ2v) is 9.84. The molecular formula is C21H38NO4S+. The van der Waals surface area contributed by atoms with Gasteiger partial charge in [0, 0.05) is 12.8 Å². The minimum absolute atomic E-state index is 0.213. The van der Waals surface area contributed by atoms with Crippen LogP contribution in [0.4, 0.5) is 0 Å². The summed E-state index contributed by atoms with van der Waals surface area (Å²) >= 11 is 0. The van der Waals surface area contributed by atoms with Gasteiger partial charge in [-0.15, -0.1) is 0 Å². The van der Waals surface area contributed by atoms with Crippen molar-refractivity contribution in [2.75, 3.05) is 32.9 Å². The number of rotatable bonds is 13. The van der Waals surface area contributed by atoms with Crippen LogP contribution < -0.4 is 0 Å². The molecule has 2 N–H and O–H groups in total. The highest BCUT2D eigenvalue weighted by atomic mass is 32.2. The Morgan fingerprint density at radius 3 is 2.15 bits per heavy atom. The van der Waals surface area contributed by atoms with Crippen LogP contribution in [0.25, 0.3) is 0 Å². The van der Waals surface area contributed by atoms with Gasteiger partial charge in [-0.2, -0.15) is 8.42 Å². The summed E-state index contributed by atoms with van der Waals surface area (Å²) in [5.41, 5.74) is 2.28. The van der Waals surface area contributed by atoms with Crippen molar-refractivity contribution < 1.29 is 22.6 Å². The summed E-state index contributed by atoms with van der Waals surface area (Å²) in [6.45, 7) is 5.80. The van der Waals surface area contributed by atoms with E-state index in [2.05, 4.69) is 26.0 Å². The second kappa shape index (κ2) is 11.1. The van der Waals surface area contributed by atoms with Crippen molar-refractivity contribution in [1.82, 2.24) is 0 Å². The molecule has 0 aliphatic rings. The molecule has 0 spiro atoms. The van der Waals surface area contributed by atoms with Crippen molar-refractivity contribution in [1.29, 1.82) is 0 Å². The van der Waals surface area contributed by atoms with Gasteiger partial charge in [0.05, 0.1) is 39.0 Å². The lowest BCUT2D eigenvalue weighted by molar-refractivity contribution is -0.890. The zero-order valence-electron chi connectivity index (χ0n) is 17.4. The molecule has 1 atom stereocenters. The molecular weight excluding hydrogens is 362 g/mol. The topological polar surface area (TPSA) is 74.6 Å². The third-order valence-electron chi connectivity index (χ3n) is 5.21. The molecule has 1 aromatic rings. The Kier molecular flexibility index (Phi) is 9.95. The molecule has 1 rings (SSSR count). The number of quaternary nitrogens is 1. The van der Waals surface area contributed by atoms with Gasteiger partial charge >= 0.3 is 0 Å². The maximum atomic E-state index is 10.9. The van der Waals surface area contributed by atoms with E-state index >= 15 is 0 Å². The van der Waals surface area contributed by atoms with Gasteiger partial charge in [0.1, 0.15) is 0 Å². The number of aliphatic hydroxyl groups is 1.